The van der Waals surface area contributed by atoms with Crippen LogP contribution >= 0.6 is 0 Å². The van der Waals surface area contributed by atoms with Crippen molar-refractivity contribution in [3.8, 4) is 5.75 Å². The lowest BCUT2D eigenvalue weighted by Gasteiger charge is -2.30. The van der Waals surface area contributed by atoms with E-state index in [1.807, 2.05) is 6.92 Å². The van der Waals surface area contributed by atoms with Crippen molar-refractivity contribution >= 4 is 5.97 Å². The van der Waals surface area contributed by atoms with E-state index in [9.17, 15) is 4.79 Å². The summed E-state index contributed by atoms with van der Waals surface area (Å²) >= 11 is 0. The van der Waals surface area contributed by atoms with Gasteiger partial charge in [0.1, 0.15) is 11.5 Å². The van der Waals surface area contributed by atoms with E-state index in [1.54, 1.807) is 6.92 Å². The smallest absolute Gasteiger partial charge is 0.342 e. The van der Waals surface area contributed by atoms with Gasteiger partial charge in [-0.2, -0.15) is 0 Å². The normalized spacial score (nSPS) is 20.0. The molecular formula is C23H34O3. The fourth-order valence-corrected chi connectivity index (χ4v) is 3.25. The van der Waals surface area contributed by atoms with Crippen molar-refractivity contribution in [1.82, 2.24) is 0 Å². The predicted molar refractivity (Wildman–Crippen MR) is 107 cm³/mol. The molecule has 1 aliphatic rings. The number of hydrogen-bond donors (Lipinski definition) is 0. The number of aryl methyl sites for hydroxylation is 1. The van der Waals surface area contributed by atoms with Crippen molar-refractivity contribution < 1.29 is 14.3 Å². The maximum absolute atomic E-state index is 12.9. The summed E-state index contributed by atoms with van der Waals surface area (Å²) in [5.74, 6) is 1.16. The highest BCUT2D eigenvalue weighted by atomic mass is 16.5. The minimum atomic E-state index is -0.311. The Balaban J connectivity index is 2.52. The second kappa shape index (κ2) is 7.09. The Hall–Kier alpha value is -1.77. The van der Waals surface area contributed by atoms with Crippen LogP contribution in [0.1, 0.15) is 84.9 Å². The van der Waals surface area contributed by atoms with Crippen molar-refractivity contribution in [3.63, 3.8) is 0 Å². The molecule has 26 heavy (non-hydrogen) atoms. The number of rotatable bonds is 2. The monoisotopic (exact) mass is 358 g/mol. The molecule has 0 N–H and O–H groups in total. The Kier molecular flexibility index (Phi) is 5.60. The van der Waals surface area contributed by atoms with Gasteiger partial charge < -0.3 is 9.47 Å². The molecule has 0 aromatic heterocycles. The van der Waals surface area contributed by atoms with E-state index >= 15 is 0 Å². The van der Waals surface area contributed by atoms with Crippen LogP contribution in [0.5, 0.6) is 5.75 Å². The van der Waals surface area contributed by atoms with Gasteiger partial charge in [0.25, 0.3) is 0 Å². The van der Waals surface area contributed by atoms with Crippen LogP contribution in [-0.2, 0) is 20.4 Å². The first-order chi connectivity index (χ1) is 11.8. The van der Waals surface area contributed by atoms with Gasteiger partial charge in [-0.1, -0.05) is 59.2 Å². The fourth-order valence-electron chi connectivity index (χ4n) is 3.25. The van der Waals surface area contributed by atoms with Gasteiger partial charge >= 0.3 is 5.97 Å². The molecule has 1 unspecified atom stereocenters. The molecule has 1 aromatic carbocycles. The van der Waals surface area contributed by atoms with Crippen molar-refractivity contribution in [1.29, 1.82) is 0 Å². The van der Waals surface area contributed by atoms with Gasteiger partial charge in [-0.15, -0.1) is 0 Å². The second-order valence-electron chi connectivity index (χ2n) is 9.59. The Bertz CT molecular complexity index is 692. The SMILES string of the molecule is C/C(C(=O)Oc1c(C(C)(C)C)cc(C)cc1C(C)(C)C)=C1\CCC(C)O1. The molecule has 1 heterocycles. The summed E-state index contributed by atoms with van der Waals surface area (Å²) in [6.07, 6.45) is 1.92. The summed E-state index contributed by atoms with van der Waals surface area (Å²) < 4.78 is 11.8. The molecule has 1 aliphatic heterocycles. The number of carbonyl (C=O) groups excluding carboxylic acids is 1. The zero-order valence-electron chi connectivity index (χ0n) is 17.9. The van der Waals surface area contributed by atoms with E-state index in [4.69, 9.17) is 9.47 Å². The van der Waals surface area contributed by atoms with Gasteiger partial charge in [-0.05, 0) is 38.0 Å². The highest BCUT2D eigenvalue weighted by Crippen LogP contribution is 2.41. The number of carbonyl (C=O) groups is 1. The molecule has 3 heteroatoms. The van der Waals surface area contributed by atoms with Gasteiger partial charge in [-0.3, -0.25) is 0 Å². The zero-order valence-corrected chi connectivity index (χ0v) is 17.9. The summed E-state index contributed by atoms with van der Waals surface area (Å²) in [5, 5.41) is 0. The molecule has 0 radical (unpaired) electrons. The van der Waals surface area contributed by atoms with E-state index in [0.717, 1.165) is 29.7 Å². The molecule has 2 rings (SSSR count). The van der Waals surface area contributed by atoms with Crippen LogP contribution in [0.2, 0.25) is 0 Å². The zero-order chi connectivity index (χ0) is 19.9. The van der Waals surface area contributed by atoms with Gasteiger partial charge in [0, 0.05) is 17.5 Å². The van der Waals surface area contributed by atoms with E-state index in [1.165, 1.54) is 5.56 Å². The average molecular weight is 359 g/mol. The number of hydrogen-bond acceptors (Lipinski definition) is 3. The summed E-state index contributed by atoms with van der Waals surface area (Å²) in [6, 6.07) is 4.27. The first-order valence-electron chi connectivity index (χ1n) is 9.55. The molecule has 1 aromatic rings. The van der Waals surface area contributed by atoms with Crippen LogP contribution in [0.25, 0.3) is 0 Å². The maximum Gasteiger partial charge on any atom is 0.342 e. The molecule has 0 spiro atoms. The van der Waals surface area contributed by atoms with Crippen LogP contribution in [0.3, 0.4) is 0 Å². The number of ether oxygens (including phenoxy) is 2. The van der Waals surface area contributed by atoms with Crippen molar-refractivity contribution in [2.24, 2.45) is 0 Å². The van der Waals surface area contributed by atoms with Gasteiger partial charge in [-0.25, -0.2) is 4.79 Å². The molecule has 0 aliphatic carbocycles. The van der Waals surface area contributed by atoms with Crippen LogP contribution in [0.15, 0.2) is 23.5 Å². The quantitative estimate of drug-likeness (QED) is 0.371. The fraction of sp³-hybridized carbons (Fsp3) is 0.609. The Labute approximate surface area is 158 Å². The molecule has 0 amide bonds. The third-order valence-corrected chi connectivity index (χ3v) is 4.89. The molecule has 3 nitrogen and oxygen atoms in total. The summed E-state index contributed by atoms with van der Waals surface area (Å²) in [6.45, 7) is 18.8. The van der Waals surface area contributed by atoms with Crippen molar-refractivity contribution in [3.05, 3.63) is 40.2 Å². The summed E-state index contributed by atoms with van der Waals surface area (Å²) in [4.78, 5) is 12.9. The van der Waals surface area contributed by atoms with E-state index < -0.39 is 0 Å². The van der Waals surface area contributed by atoms with Crippen LogP contribution < -0.4 is 4.74 Å². The molecule has 1 fully saturated rings. The molecule has 0 saturated carbocycles. The van der Waals surface area contributed by atoms with E-state index in [0.29, 0.717) is 11.3 Å². The first-order valence-corrected chi connectivity index (χ1v) is 9.55. The van der Waals surface area contributed by atoms with Crippen molar-refractivity contribution in [2.75, 3.05) is 0 Å². The highest BCUT2D eigenvalue weighted by Gasteiger charge is 2.30. The maximum atomic E-state index is 12.9. The van der Waals surface area contributed by atoms with Crippen LogP contribution in [-0.4, -0.2) is 12.1 Å². The average Bonchev–Trinajstić information content (AvgIpc) is 2.92. The van der Waals surface area contributed by atoms with Crippen molar-refractivity contribution in [2.45, 2.75) is 92.1 Å². The lowest BCUT2D eigenvalue weighted by atomic mass is 9.78. The largest absolute Gasteiger partial charge is 0.495 e. The lowest BCUT2D eigenvalue weighted by Crippen LogP contribution is -2.23. The molecule has 1 atom stereocenters. The highest BCUT2D eigenvalue weighted by molar-refractivity contribution is 5.90. The summed E-state index contributed by atoms with van der Waals surface area (Å²) in [7, 11) is 0. The van der Waals surface area contributed by atoms with Gasteiger partial charge in [0.15, 0.2) is 0 Å². The minimum Gasteiger partial charge on any atom is -0.495 e. The molecule has 144 valence electrons. The van der Waals surface area contributed by atoms with Gasteiger partial charge in [0.2, 0.25) is 0 Å². The number of esters is 1. The standard InChI is InChI=1S/C23H34O3/c1-14-12-17(22(4,5)6)20(18(13-14)23(7,8)9)26-21(24)16(3)19-11-10-15(2)25-19/h12-13,15H,10-11H2,1-9H3/b19-16-. The second-order valence-corrected chi connectivity index (χ2v) is 9.59. The van der Waals surface area contributed by atoms with E-state index in [2.05, 4.69) is 60.6 Å². The minimum absolute atomic E-state index is 0.124. The van der Waals surface area contributed by atoms with Crippen LogP contribution in [0.4, 0.5) is 0 Å². The number of allylic oxidation sites excluding steroid dienone is 1. The Morgan fingerprint density at radius 3 is 1.96 bits per heavy atom. The molecular weight excluding hydrogens is 324 g/mol. The predicted octanol–water partition coefficient (Wildman–Crippen LogP) is 5.97. The lowest BCUT2D eigenvalue weighted by molar-refractivity contribution is -0.130. The topological polar surface area (TPSA) is 35.5 Å². The number of benzene rings is 1. The van der Waals surface area contributed by atoms with Crippen LogP contribution in [0, 0.1) is 6.92 Å². The molecule has 1 saturated heterocycles. The van der Waals surface area contributed by atoms with E-state index in [-0.39, 0.29) is 22.9 Å². The van der Waals surface area contributed by atoms with Gasteiger partial charge in [0.05, 0.1) is 11.7 Å². The Morgan fingerprint density at radius 2 is 1.58 bits per heavy atom. The Morgan fingerprint density at radius 1 is 1.08 bits per heavy atom. The first kappa shape index (κ1) is 20.5. The molecule has 0 bridgehead atoms. The third kappa shape index (κ3) is 4.49. The third-order valence-electron chi connectivity index (χ3n) is 4.89. The summed E-state index contributed by atoms with van der Waals surface area (Å²) in [5.41, 5.74) is 3.64.